The Labute approximate surface area is 122 Å². The largest absolute Gasteiger partial charge is 0.480 e. The van der Waals surface area contributed by atoms with Crippen molar-refractivity contribution in [3.05, 3.63) is 21.9 Å². The number of methoxy groups -OCH3 is 1. The van der Waals surface area contributed by atoms with Crippen molar-refractivity contribution in [3.8, 4) is 0 Å². The molecule has 1 unspecified atom stereocenters. The van der Waals surface area contributed by atoms with Gasteiger partial charge in [0.15, 0.2) is 0 Å². The number of aryl methyl sites for hydroxylation is 1. The lowest BCUT2D eigenvalue weighted by Gasteiger charge is -2.23. The molecule has 1 rings (SSSR count). The van der Waals surface area contributed by atoms with Gasteiger partial charge in [0.1, 0.15) is 6.54 Å². The fourth-order valence-electron chi connectivity index (χ4n) is 1.65. The number of hydrogen-bond acceptors (Lipinski definition) is 4. The first-order valence-electron chi connectivity index (χ1n) is 6.26. The molecule has 2 amide bonds. The van der Waals surface area contributed by atoms with Gasteiger partial charge in [-0.1, -0.05) is 0 Å². The van der Waals surface area contributed by atoms with Gasteiger partial charge >= 0.3 is 12.0 Å². The lowest BCUT2D eigenvalue weighted by atomic mass is 10.3. The second-order valence-corrected chi connectivity index (χ2v) is 5.75. The lowest BCUT2D eigenvalue weighted by Crippen LogP contribution is -2.44. The molecule has 0 bridgehead atoms. The Morgan fingerprint density at radius 2 is 2.20 bits per heavy atom. The summed E-state index contributed by atoms with van der Waals surface area (Å²) in [6.07, 6.45) is 0. The van der Waals surface area contributed by atoms with Gasteiger partial charge in [-0.2, -0.15) is 0 Å². The van der Waals surface area contributed by atoms with Crippen LogP contribution < -0.4 is 5.32 Å². The van der Waals surface area contributed by atoms with E-state index >= 15 is 0 Å². The van der Waals surface area contributed by atoms with E-state index in [1.54, 1.807) is 11.3 Å². The first-order valence-corrected chi connectivity index (χ1v) is 7.08. The quantitative estimate of drug-likeness (QED) is 0.805. The average Bonchev–Trinajstić information content (AvgIpc) is 2.80. The number of carbonyl (C=O) groups excluding carboxylic acids is 1. The number of aliphatic carboxylic acids is 1. The van der Waals surface area contributed by atoms with Crippen molar-refractivity contribution in [3.63, 3.8) is 0 Å². The third-order valence-electron chi connectivity index (χ3n) is 2.71. The van der Waals surface area contributed by atoms with E-state index in [1.807, 2.05) is 26.0 Å². The van der Waals surface area contributed by atoms with E-state index in [2.05, 4.69) is 5.32 Å². The predicted molar refractivity (Wildman–Crippen MR) is 77.1 cm³/mol. The minimum atomic E-state index is -1.05. The van der Waals surface area contributed by atoms with E-state index in [0.29, 0.717) is 6.61 Å². The van der Waals surface area contributed by atoms with Crippen molar-refractivity contribution in [1.29, 1.82) is 0 Å². The van der Waals surface area contributed by atoms with Crippen LogP contribution in [0.2, 0.25) is 0 Å². The second kappa shape index (κ2) is 7.86. The molecule has 2 N–H and O–H groups in total. The molecule has 1 aromatic rings. The molecule has 1 heterocycles. The number of carboxylic acids is 1. The van der Waals surface area contributed by atoms with Gasteiger partial charge in [-0.3, -0.25) is 4.79 Å². The normalized spacial score (nSPS) is 11.9. The zero-order valence-electron chi connectivity index (χ0n) is 11.9. The number of urea groups is 1. The van der Waals surface area contributed by atoms with E-state index in [4.69, 9.17) is 9.84 Å². The van der Waals surface area contributed by atoms with Crippen LogP contribution in [0, 0.1) is 6.92 Å². The molecule has 0 aromatic carbocycles. The monoisotopic (exact) mass is 300 g/mol. The zero-order valence-corrected chi connectivity index (χ0v) is 12.7. The maximum Gasteiger partial charge on any atom is 0.323 e. The maximum atomic E-state index is 12.1. The SMILES string of the molecule is COCCN(CC(=O)O)C(=O)NC(C)c1ccc(C)s1. The minimum Gasteiger partial charge on any atom is -0.480 e. The molecule has 0 saturated carbocycles. The van der Waals surface area contributed by atoms with Crippen LogP contribution in [0.5, 0.6) is 0 Å². The second-order valence-electron chi connectivity index (χ2n) is 4.43. The van der Waals surface area contributed by atoms with Crippen LogP contribution in [0.1, 0.15) is 22.7 Å². The molecule has 1 atom stereocenters. The summed E-state index contributed by atoms with van der Waals surface area (Å²) in [5.41, 5.74) is 0. The van der Waals surface area contributed by atoms with Gasteiger partial charge in [0.05, 0.1) is 12.6 Å². The number of carboxylic acid groups (broad SMARTS) is 1. The molecule has 0 spiro atoms. The first-order chi connectivity index (χ1) is 9.43. The van der Waals surface area contributed by atoms with Crippen LogP contribution in [0.25, 0.3) is 0 Å². The molecule has 0 radical (unpaired) electrons. The third kappa shape index (κ3) is 5.18. The lowest BCUT2D eigenvalue weighted by molar-refractivity contribution is -0.137. The number of nitrogens with one attached hydrogen (secondary N) is 1. The van der Waals surface area contributed by atoms with Gasteiger partial charge in [-0.25, -0.2) is 4.79 Å². The fourth-order valence-corrected chi connectivity index (χ4v) is 2.53. The Kier molecular flexibility index (Phi) is 6.47. The van der Waals surface area contributed by atoms with Crippen LogP contribution in [0.15, 0.2) is 12.1 Å². The maximum absolute atomic E-state index is 12.1. The number of thiophene rings is 1. The summed E-state index contributed by atoms with van der Waals surface area (Å²) in [6.45, 7) is 4.07. The number of nitrogens with zero attached hydrogens (tertiary/aromatic N) is 1. The Morgan fingerprint density at radius 1 is 1.50 bits per heavy atom. The van der Waals surface area contributed by atoms with E-state index < -0.39 is 12.0 Å². The van der Waals surface area contributed by atoms with Crippen LogP contribution in [-0.4, -0.2) is 48.8 Å². The van der Waals surface area contributed by atoms with Crippen LogP contribution >= 0.6 is 11.3 Å². The summed E-state index contributed by atoms with van der Waals surface area (Å²) in [5, 5.41) is 11.6. The zero-order chi connectivity index (χ0) is 15.1. The van der Waals surface area contributed by atoms with Crippen molar-refractivity contribution in [2.45, 2.75) is 19.9 Å². The molecule has 1 aromatic heterocycles. The molecular formula is C13H20N2O4S. The van der Waals surface area contributed by atoms with Crippen molar-refractivity contribution in [1.82, 2.24) is 10.2 Å². The standard InChI is InChI=1S/C13H20N2O4S/c1-9-4-5-11(20-9)10(2)14-13(18)15(6-7-19-3)8-12(16)17/h4-5,10H,6-8H2,1-3H3,(H,14,18)(H,16,17). The van der Waals surface area contributed by atoms with Gasteiger partial charge in [-0.05, 0) is 26.0 Å². The molecule has 0 aliphatic heterocycles. The van der Waals surface area contributed by atoms with Gasteiger partial charge in [0.2, 0.25) is 0 Å². The molecular weight excluding hydrogens is 280 g/mol. The Bertz CT molecular complexity index is 461. The summed E-state index contributed by atoms with van der Waals surface area (Å²) < 4.78 is 4.88. The Morgan fingerprint density at radius 3 is 2.70 bits per heavy atom. The molecule has 0 aliphatic carbocycles. The summed E-state index contributed by atoms with van der Waals surface area (Å²) in [6, 6.07) is 3.40. The van der Waals surface area contributed by atoms with Crippen molar-refractivity contribution >= 4 is 23.3 Å². The van der Waals surface area contributed by atoms with Gasteiger partial charge in [0.25, 0.3) is 0 Å². The molecule has 0 aliphatic rings. The van der Waals surface area contributed by atoms with E-state index in [9.17, 15) is 9.59 Å². The van der Waals surface area contributed by atoms with E-state index in [1.165, 1.54) is 16.9 Å². The molecule has 112 valence electrons. The van der Waals surface area contributed by atoms with Crippen LogP contribution in [-0.2, 0) is 9.53 Å². The van der Waals surface area contributed by atoms with Gasteiger partial charge in [-0.15, -0.1) is 11.3 Å². The predicted octanol–water partition coefficient (Wildman–Crippen LogP) is 1.86. The van der Waals surface area contributed by atoms with Crippen molar-refractivity contribution < 1.29 is 19.4 Å². The van der Waals surface area contributed by atoms with Crippen LogP contribution in [0.4, 0.5) is 4.79 Å². The van der Waals surface area contributed by atoms with E-state index in [-0.39, 0.29) is 19.1 Å². The van der Waals surface area contributed by atoms with E-state index in [0.717, 1.165) is 4.88 Å². The molecule has 7 heteroatoms. The molecule has 0 saturated heterocycles. The molecule has 20 heavy (non-hydrogen) atoms. The minimum absolute atomic E-state index is 0.153. The number of hydrogen-bond donors (Lipinski definition) is 2. The highest BCUT2D eigenvalue weighted by Crippen LogP contribution is 2.22. The topological polar surface area (TPSA) is 78.9 Å². The highest BCUT2D eigenvalue weighted by atomic mass is 32.1. The van der Waals surface area contributed by atoms with Crippen molar-refractivity contribution in [2.75, 3.05) is 26.8 Å². The Hall–Kier alpha value is -1.60. The number of carbonyl (C=O) groups is 2. The van der Waals surface area contributed by atoms with Crippen molar-refractivity contribution in [2.24, 2.45) is 0 Å². The summed E-state index contributed by atoms with van der Waals surface area (Å²) in [4.78, 5) is 26.3. The highest BCUT2D eigenvalue weighted by molar-refractivity contribution is 7.12. The number of ether oxygens (including phenoxy) is 1. The first kappa shape index (κ1) is 16.5. The summed E-state index contributed by atoms with van der Waals surface area (Å²) in [7, 11) is 1.51. The summed E-state index contributed by atoms with van der Waals surface area (Å²) in [5.74, 6) is -1.05. The van der Waals surface area contributed by atoms with Gasteiger partial charge < -0.3 is 20.1 Å². The molecule has 6 nitrogen and oxygen atoms in total. The van der Waals surface area contributed by atoms with Crippen LogP contribution in [0.3, 0.4) is 0 Å². The van der Waals surface area contributed by atoms with Gasteiger partial charge in [0, 0.05) is 23.4 Å². The third-order valence-corrected chi connectivity index (χ3v) is 3.89. The summed E-state index contributed by atoms with van der Waals surface area (Å²) >= 11 is 1.61. The number of amides is 2. The Balaban J connectivity index is 2.62. The smallest absolute Gasteiger partial charge is 0.323 e. The molecule has 0 fully saturated rings. The average molecular weight is 300 g/mol. The number of rotatable bonds is 7. The fraction of sp³-hybridized carbons (Fsp3) is 0.538. The highest BCUT2D eigenvalue weighted by Gasteiger charge is 2.19.